The van der Waals surface area contributed by atoms with E-state index in [1.54, 1.807) is 0 Å². The van der Waals surface area contributed by atoms with Gasteiger partial charge in [0, 0.05) is 19.1 Å². The first kappa shape index (κ1) is 14.0. The maximum absolute atomic E-state index is 8.88. The molecule has 1 aliphatic heterocycles. The molecule has 1 aliphatic rings. The lowest BCUT2D eigenvalue weighted by Gasteiger charge is -2.35. The van der Waals surface area contributed by atoms with E-state index in [-0.39, 0.29) is 0 Å². The number of hydrogen-bond acceptors (Lipinski definition) is 3. The van der Waals surface area contributed by atoms with Gasteiger partial charge in [-0.2, -0.15) is 5.26 Å². The van der Waals surface area contributed by atoms with Crippen LogP contribution in [-0.2, 0) is 6.54 Å². The first-order valence-electron chi connectivity index (χ1n) is 7.27. The standard InChI is InChI=1S/C16H23N3/c1-2-19-9-4-3-8-16(19)13-18-12-15-7-5-6-14(10-15)11-17/h5-7,10,16,18H,2-4,8-9,12-13H2,1H3. The van der Waals surface area contributed by atoms with Gasteiger partial charge in [0.2, 0.25) is 0 Å². The van der Waals surface area contributed by atoms with E-state index in [1.807, 2.05) is 18.2 Å². The third kappa shape index (κ3) is 4.05. The molecule has 1 heterocycles. The Morgan fingerprint density at radius 2 is 2.32 bits per heavy atom. The first-order valence-corrected chi connectivity index (χ1v) is 7.27. The van der Waals surface area contributed by atoms with Crippen molar-refractivity contribution in [1.29, 1.82) is 5.26 Å². The van der Waals surface area contributed by atoms with E-state index >= 15 is 0 Å². The molecule has 1 saturated heterocycles. The summed E-state index contributed by atoms with van der Waals surface area (Å²) in [6, 6.07) is 10.7. The molecule has 0 aliphatic carbocycles. The highest BCUT2D eigenvalue weighted by Crippen LogP contribution is 2.15. The van der Waals surface area contributed by atoms with Gasteiger partial charge < -0.3 is 5.32 Å². The minimum Gasteiger partial charge on any atom is -0.311 e. The van der Waals surface area contributed by atoms with Crippen molar-refractivity contribution in [2.45, 2.75) is 38.8 Å². The van der Waals surface area contributed by atoms with Crippen LogP contribution < -0.4 is 5.32 Å². The lowest BCUT2D eigenvalue weighted by atomic mass is 10.0. The average Bonchev–Trinajstić information content (AvgIpc) is 2.48. The summed E-state index contributed by atoms with van der Waals surface area (Å²) in [7, 11) is 0. The number of hydrogen-bond donors (Lipinski definition) is 1. The fourth-order valence-corrected chi connectivity index (χ4v) is 2.84. The van der Waals surface area contributed by atoms with E-state index in [0.29, 0.717) is 6.04 Å². The molecule has 1 N–H and O–H groups in total. The van der Waals surface area contributed by atoms with Gasteiger partial charge in [-0.15, -0.1) is 0 Å². The van der Waals surface area contributed by atoms with Crippen LogP contribution in [0.2, 0.25) is 0 Å². The molecule has 2 rings (SSSR count). The molecule has 19 heavy (non-hydrogen) atoms. The Morgan fingerprint density at radius 3 is 3.11 bits per heavy atom. The molecule has 0 bridgehead atoms. The molecule has 0 saturated carbocycles. The summed E-state index contributed by atoms with van der Waals surface area (Å²) in [4.78, 5) is 2.57. The first-order chi connectivity index (χ1) is 9.33. The number of nitrogens with zero attached hydrogens (tertiary/aromatic N) is 2. The minimum atomic E-state index is 0.679. The van der Waals surface area contributed by atoms with Crippen molar-refractivity contribution < 1.29 is 0 Å². The van der Waals surface area contributed by atoms with Crippen LogP contribution in [-0.4, -0.2) is 30.6 Å². The molecule has 0 spiro atoms. The summed E-state index contributed by atoms with van der Waals surface area (Å²) >= 11 is 0. The van der Waals surface area contributed by atoms with Gasteiger partial charge in [-0.25, -0.2) is 0 Å². The smallest absolute Gasteiger partial charge is 0.0991 e. The summed E-state index contributed by atoms with van der Waals surface area (Å²) < 4.78 is 0. The summed E-state index contributed by atoms with van der Waals surface area (Å²) in [5.74, 6) is 0. The van der Waals surface area contributed by atoms with E-state index in [4.69, 9.17) is 5.26 Å². The van der Waals surface area contributed by atoms with Gasteiger partial charge >= 0.3 is 0 Å². The molecule has 3 nitrogen and oxygen atoms in total. The fourth-order valence-electron chi connectivity index (χ4n) is 2.84. The molecule has 1 atom stereocenters. The zero-order chi connectivity index (χ0) is 13.5. The monoisotopic (exact) mass is 257 g/mol. The third-order valence-electron chi connectivity index (χ3n) is 3.92. The van der Waals surface area contributed by atoms with Crippen molar-refractivity contribution in [2.24, 2.45) is 0 Å². The molecule has 1 fully saturated rings. The van der Waals surface area contributed by atoms with Crippen LogP contribution in [0.1, 0.15) is 37.3 Å². The number of piperidine rings is 1. The van der Waals surface area contributed by atoms with Crippen molar-refractivity contribution in [1.82, 2.24) is 10.2 Å². The fraction of sp³-hybridized carbons (Fsp3) is 0.562. The Kier molecular flexibility index (Phi) is 5.38. The largest absolute Gasteiger partial charge is 0.311 e. The highest BCUT2D eigenvalue weighted by atomic mass is 15.2. The number of nitrogens with one attached hydrogen (secondary N) is 1. The Labute approximate surface area is 116 Å². The van der Waals surface area contributed by atoms with Gasteiger partial charge in [-0.1, -0.05) is 25.5 Å². The average molecular weight is 257 g/mol. The maximum Gasteiger partial charge on any atom is 0.0991 e. The van der Waals surface area contributed by atoms with Crippen molar-refractivity contribution in [3.05, 3.63) is 35.4 Å². The summed E-state index contributed by atoms with van der Waals surface area (Å²) in [6.07, 6.45) is 4.00. The van der Waals surface area contributed by atoms with Crippen molar-refractivity contribution in [3.8, 4) is 6.07 Å². The van der Waals surface area contributed by atoms with E-state index in [0.717, 1.165) is 25.2 Å². The molecule has 0 radical (unpaired) electrons. The van der Waals surface area contributed by atoms with Crippen molar-refractivity contribution >= 4 is 0 Å². The quantitative estimate of drug-likeness (QED) is 0.881. The zero-order valence-electron chi connectivity index (χ0n) is 11.7. The zero-order valence-corrected chi connectivity index (χ0v) is 11.7. The Hall–Kier alpha value is -1.37. The number of benzene rings is 1. The van der Waals surface area contributed by atoms with Gasteiger partial charge in [0.25, 0.3) is 0 Å². The molecule has 1 unspecified atom stereocenters. The maximum atomic E-state index is 8.88. The lowest BCUT2D eigenvalue weighted by molar-refractivity contribution is 0.153. The van der Waals surface area contributed by atoms with E-state index in [2.05, 4.69) is 29.3 Å². The van der Waals surface area contributed by atoms with Crippen LogP contribution in [0.15, 0.2) is 24.3 Å². The van der Waals surface area contributed by atoms with Crippen molar-refractivity contribution in [2.75, 3.05) is 19.6 Å². The molecule has 1 aromatic carbocycles. The molecular weight excluding hydrogens is 234 g/mol. The lowest BCUT2D eigenvalue weighted by Crippen LogP contribution is -2.45. The van der Waals surface area contributed by atoms with Gasteiger partial charge in [-0.3, -0.25) is 4.90 Å². The molecule has 0 aromatic heterocycles. The molecule has 1 aromatic rings. The Bertz CT molecular complexity index is 436. The number of rotatable bonds is 5. The molecular formula is C16H23N3. The second-order valence-corrected chi connectivity index (χ2v) is 5.22. The summed E-state index contributed by atoms with van der Waals surface area (Å²) in [6.45, 7) is 6.53. The second-order valence-electron chi connectivity index (χ2n) is 5.22. The van der Waals surface area contributed by atoms with E-state index < -0.39 is 0 Å². The summed E-state index contributed by atoms with van der Waals surface area (Å²) in [5, 5.41) is 12.4. The number of likely N-dealkylation sites (tertiary alicyclic amines) is 1. The predicted octanol–water partition coefficient (Wildman–Crippen LogP) is 2.52. The highest BCUT2D eigenvalue weighted by Gasteiger charge is 2.19. The van der Waals surface area contributed by atoms with Gasteiger partial charge in [0.1, 0.15) is 0 Å². The third-order valence-corrected chi connectivity index (χ3v) is 3.92. The molecule has 3 heteroatoms. The van der Waals surface area contributed by atoms with E-state index in [9.17, 15) is 0 Å². The number of likely N-dealkylation sites (N-methyl/N-ethyl adjacent to an activating group) is 1. The van der Waals surface area contributed by atoms with Gasteiger partial charge in [0.05, 0.1) is 11.6 Å². The normalized spacial score (nSPS) is 20.1. The summed E-state index contributed by atoms with van der Waals surface area (Å²) in [5.41, 5.74) is 1.94. The van der Waals surface area contributed by atoms with Crippen LogP contribution in [0.5, 0.6) is 0 Å². The van der Waals surface area contributed by atoms with Crippen molar-refractivity contribution in [3.63, 3.8) is 0 Å². The van der Waals surface area contributed by atoms with Crippen LogP contribution in [0.3, 0.4) is 0 Å². The minimum absolute atomic E-state index is 0.679. The second kappa shape index (κ2) is 7.28. The Balaban J connectivity index is 1.80. The highest BCUT2D eigenvalue weighted by molar-refractivity contribution is 5.32. The SMILES string of the molecule is CCN1CCCCC1CNCc1cccc(C#N)c1. The van der Waals surface area contributed by atoms with Gasteiger partial charge in [-0.05, 0) is 43.6 Å². The number of nitriles is 1. The van der Waals surface area contributed by atoms with Crippen LogP contribution >= 0.6 is 0 Å². The van der Waals surface area contributed by atoms with Gasteiger partial charge in [0.15, 0.2) is 0 Å². The topological polar surface area (TPSA) is 39.1 Å². The van der Waals surface area contributed by atoms with E-state index in [1.165, 1.54) is 31.4 Å². The molecule has 102 valence electrons. The molecule has 0 amide bonds. The van der Waals surface area contributed by atoms with Crippen LogP contribution in [0.25, 0.3) is 0 Å². The predicted molar refractivity (Wildman–Crippen MR) is 77.7 cm³/mol. The van der Waals surface area contributed by atoms with Crippen LogP contribution in [0, 0.1) is 11.3 Å². The Morgan fingerprint density at radius 1 is 1.42 bits per heavy atom. The van der Waals surface area contributed by atoms with Crippen LogP contribution in [0.4, 0.5) is 0 Å².